The summed E-state index contributed by atoms with van der Waals surface area (Å²) in [6.07, 6.45) is 3.50. The lowest BCUT2D eigenvalue weighted by atomic mass is 9.98. The number of hydrogen-bond donors (Lipinski definition) is 4. The molecule has 3 atom stereocenters. The van der Waals surface area contributed by atoms with E-state index < -0.39 is 12.0 Å². The standard InChI is InChI=1S/C24H31N3O3S2/c1-30-24(29)22(10-11-32-2)27-23(28)20-9-8-17(25-14-18-12-19(31)15-26-18)13-21(20)16-6-4-3-5-7-16/h3-9,13,18-19,22,25-26,31H,10-12,14-15H2,1-2H3,(H,27,28). The first-order valence-electron chi connectivity index (χ1n) is 10.7. The number of thioether (sulfide) groups is 1. The van der Waals surface area contributed by atoms with E-state index in [9.17, 15) is 9.59 Å². The van der Waals surface area contributed by atoms with Crippen LogP contribution >= 0.6 is 24.4 Å². The molecule has 0 saturated carbocycles. The molecular weight excluding hydrogens is 442 g/mol. The van der Waals surface area contributed by atoms with Crippen LogP contribution in [0.25, 0.3) is 11.1 Å². The molecule has 2 aromatic rings. The highest BCUT2D eigenvalue weighted by Crippen LogP contribution is 2.28. The summed E-state index contributed by atoms with van der Waals surface area (Å²) in [6.45, 7) is 1.71. The second-order valence-electron chi connectivity index (χ2n) is 7.83. The van der Waals surface area contributed by atoms with E-state index in [1.165, 1.54) is 7.11 Å². The molecule has 3 N–H and O–H groups in total. The summed E-state index contributed by atoms with van der Waals surface area (Å²) in [5, 5.41) is 10.2. The van der Waals surface area contributed by atoms with E-state index in [-0.39, 0.29) is 5.91 Å². The van der Waals surface area contributed by atoms with Crippen LogP contribution in [0, 0.1) is 0 Å². The zero-order chi connectivity index (χ0) is 22.9. The summed E-state index contributed by atoms with van der Waals surface area (Å²) in [7, 11) is 1.34. The van der Waals surface area contributed by atoms with Crippen LogP contribution in [0.3, 0.4) is 0 Å². The molecule has 3 rings (SSSR count). The van der Waals surface area contributed by atoms with Gasteiger partial charge >= 0.3 is 5.97 Å². The van der Waals surface area contributed by atoms with Gasteiger partial charge in [0.2, 0.25) is 0 Å². The summed E-state index contributed by atoms with van der Waals surface area (Å²) in [4.78, 5) is 25.3. The van der Waals surface area contributed by atoms with Crippen molar-refractivity contribution in [3.8, 4) is 11.1 Å². The fraction of sp³-hybridized carbons (Fsp3) is 0.417. The van der Waals surface area contributed by atoms with E-state index in [1.807, 2.05) is 54.8 Å². The largest absolute Gasteiger partial charge is 0.467 e. The van der Waals surface area contributed by atoms with E-state index in [0.717, 1.165) is 42.1 Å². The van der Waals surface area contributed by atoms with Crippen LogP contribution in [0.4, 0.5) is 5.69 Å². The Morgan fingerprint density at radius 3 is 2.69 bits per heavy atom. The first-order valence-corrected chi connectivity index (χ1v) is 12.6. The van der Waals surface area contributed by atoms with E-state index in [1.54, 1.807) is 11.8 Å². The zero-order valence-electron chi connectivity index (χ0n) is 18.5. The molecule has 6 nitrogen and oxygen atoms in total. The fourth-order valence-electron chi connectivity index (χ4n) is 3.77. The van der Waals surface area contributed by atoms with Crippen LogP contribution in [-0.4, -0.2) is 61.4 Å². The minimum atomic E-state index is -0.677. The van der Waals surface area contributed by atoms with Gasteiger partial charge in [-0.05, 0) is 54.2 Å². The summed E-state index contributed by atoms with van der Waals surface area (Å²) in [5.74, 6) is 0.0253. The van der Waals surface area contributed by atoms with Gasteiger partial charge in [0.15, 0.2) is 0 Å². The van der Waals surface area contributed by atoms with E-state index in [0.29, 0.717) is 23.3 Å². The lowest BCUT2D eigenvalue weighted by Crippen LogP contribution is -2.42. The van der Waals surface area contributed by atoms with Crippen molar-refractivity contribution in [1.29, 1.82) is 0 Å². The molecule has 0 bridgehead atoms. The van der Waals surface area contributed by atoms with Gasteiger partial charge in [-0.15, -0.1) is 0 Å². The molecule has 1 amide bonds. The summed E-state index contributed by atoms with van der Waals surface area (Å²) >= 11 is 6.15. The second-order valence-corrected chi connectivity index (χ2v) is 9.55. The third kappa shape index (κ3) is 6.67. The predicted molar refractivity (Wildman–Crippen MR) is 136 cm³/mol. The molecule has 2 aromatic carbocycles. The molecule has 0 radical (unpaired) electrons. The number of anilines is 1. The van der Waals surface area contributed by atoms with Crippen molar-refractivity contribution in [1.82, 2.24) is 10.6 Å². The van der Waals surface area contributed by atoms with Crippen molar-refractivity contribution in [3.63, 3.8) is 0 Å². The topological polar surface area (TPSA) is 79.5 Å². The van der Waals surface area contributed by atoms with Gasteiger partial charge in [-0.2, -0.15) is 24.4 Å². The smallest absolute Gasteiger partial charge is 0.328 e. The van der Waals surface area contributed by atoms with E-state index in [2.05, 4.69) is 28.6 Å². The Balaban J connectivity index is 1.82. The Kier molecular flexibility index (Phi) is 9.32. The number of benzene rings is 2. The van der Waals surface area contributed by atoms with Crippen molar-refractivity contribution in [3.05, 3.63) is 54.1 Å². The minimum absolute atomic E-state index is 0.290. The highest BCUT2D eigenvalue weighted by Gasteiger charge is 2.24. The van der Waals surface area contributed by atoms with Crippen LogP contribution < -0.4 is 16.0 Å². The number of rotatable bonds is 10. The molecule has 32 heavy (non-hydrogen) atoms. The number of thiol groups is 1. The lowest BCUT2D eigenvalue weighted by Gasteiger charge is -2.19. The highest BCUT2D eigenvalue weighted by atomic mass is 32.2. The van der Waals surface area contributed by atoms with Gasteiger partial charge in [-0.3, -0.25) is 4.79 Å². The molecule has 1 saturated heterocycles. The first kappa shape index (κ1) is 24.5. The van der Waals surface area contributed by atoms with Crippen LogP contribution in [0.5, 0.6) is 0 Å². The van der Waals surface area contributed by atoms with Gasteiger partial charge in [0.25, 0.3) is 5.91 Å². The van der Waals surface area contributed by atoms with Gasteiger partial charge in [0.05, 0.1) is 7.11 Å². The number of esters is 1. The van der Waals surface area contributed by atoms with Gasteiger partial charge in [0.1, 0.15) is 6.04 Å². The maximum atomic E-state index is 13.2. The highest BCUT2D eigenvalue weighted by molar-refractivity contribution is 7.98. The third-order valence-electron chi connectivity index (χ3n) is 5.50. The Labute approximate surface area is 199 Å². The summed E-state index contributed by atoms with van der Waals surface area (Å²) in [5.41, 5.74) is 3.22. The Bertz CT molecular complexity index is 911. The molecule has 0 aromatic heterocycles. The van der Waals surface area contributed by atoms with Crippen molar-refractivity contribution < 1.29 is 14.3 Å². The predicted octanol–water partition coefficient (Wildman–Crippen LogP) is 3.45. The molecule has 1 aliphatic heterocycles. The molecule has 8 heteroatoms. The molecule has 1 heterocycles. The second kappa shape index (κ2) is 12.2. The van der Waals surface area contributed by atoms with E-state index in [4.69, 9.17) is 4.74 Å². The summed E-state index contributed by atoms with van der Waals surface area (Å²) < 4.78 is 4.88. The molecule has 172 valence electrons. The number of methoxy groups -OCH3 is 1. The van der Waals surface area contributed by atoms with Crippen LogP contribution in [0.1, 0.15) is 23.2 Å². The van der Waals surface area contributed by atoms with Gasteiger partial charge in [-0.1, -0.05) is 30.3 Å². The lowest BCUT2D eigenvalue weighted by molar-refractivity contribution is -0.142. The molecule has 0 spiro atoms. The average molecular weight is 474 g/mol. The van der Waals surface area contributed by atoms with Crippen LogP contribution in [0.15, 0.2) is 48.5 Å². The number of nitrogens with one attached hydrogen (secondary N) is 3. The minimum Gasteiger partial charge on any atom is -0.467 e. The Hall–Kier alpha value is -2.16. The normalized spacial score (nSPS) is 18.7. The maximum Gasteiger partial charge on any atom is 0.328 e. The number of carbonyl (C=O) groups excluding carboxylic acids is 2. The van der Waals surface area contributed by atoms with Gasteiger partial charge in [-0.25, -0.2) is 4.79 Å². The van der Waals surface area contributed by atoms with Gasteiger partial charge < -0.3 is 20.7 Å². The fourth-order valence-corrected chi connectivity index (χ4v) is 4.60. The van der Waals surface area contributed by atoms with Crippen molar-refractivity contribution in [2.45, 2.75) is 30.2 Å². The average Bonchev–Trinajstić information content (AvgIpc) is 3.25. The zero-order valence-corrected chi connectivity index (χ0v) is 20.2. The monoisotopic (exact) mass is 473 g/mol. The first-order chi connectivity index (χ1) is 15.5. The Morgan fingerprint density at radius 1 is 1.25 bits per heavy atom. The molecule has 1 fully saturated rings. The SMILES string of the molecule is COC(=O)C(CCSC)NC(=O)c1ccc(NCC2CC(S)CN2)cc1-c1ccccc1. The number of carbonyl (C=O) groups is 2. The molecule has 0 aliphatic carbocycles. The van der Waals surface area contributed by atoms with Crippen LogP contribution in [-0.2, 0) is 9.53 Å². The maximum absolute atomic E-state index is 13.2. The quantitative estimate of drug-likeness (QED) is 0.313. The summed E-state index contributed by atoms with van der Waals surface area (Å²) in [6, 6.07) is 15.2. The van der Waals surface area contributed by atoms with Crippen LogP contribution in [0.2, 0.25) is 0 Å². The van der Waals surface area contributed by atoms with Crippen molar-refractivity contribution in [2.75, 3.05) is 37.5 Å². The van der Waals surface area contributed by atoms with Gasteiger partial charge in [0, 0.05) is 35.6 Å². The van der Waals surface area contributed by atoms with E-state index >= 15 is 0 Å². The van der Waals surface area contributed by atoms with Crippen molar-refractivity contribution >= 4 is 42.0 Å². The van der Waals surface area contributed by atoms with Crippen molar-refractivity contribution in [2.24, 2.45) is 0 Å². The molecule has 1 aliphatic rings. The number of ether oxygens (including phenoxy) is 1. The number of hydrogen-bond acceptors (Lipinski definition) is 7. The third-order valence-corrected chi connectivity index (χ3v) is 6.54. The Morgan fingerprint density at radius 2 is 2.03 bits per heavy atom. The number of amides is 1. The molecule has 3 unspecified atom stereocenters. The molecular formula is C24H31N3O3S2.